The Hall–Kier alpha value is -1.44. The second-order valence-corrected chi connectivity index (χ2v) is 11.7. The van der Waals surface area contributed by atoms with Crippen LogP contribution in [0.1, 0.15) is 53.0 Å². The Kier molecular flexibility index (Phi) is 6.14. The Labute approximate surface area is 175 Å². The SMILES string of the molecule is CC(C)(C)c1ccc(S(=O)(=O)N2CCN(C(C)(C)C(=O)N3CCCC3)CC2)cc1. The van der Waals surface area contributed by atoms with Crippen molar-refractivity contribution in [3.63, 3.8) is 0 Å². The van der Waals surface area contributed by atoms with E-state index in [4.69, 9.17) is 0 Å². The molecule has 1 aromatic carbocycles. The van der Waals surface area contributed by atoms with Gasteiger partial charge in [-0.15, -0.1) is 0 Å². The van der Waals surface area contributed by atoms with E-state index in [2.05, 4.69) is 25.7 Å². The fraction of sp³-hybridized carbons (Fsp3) is 0.682. The molecule has 2 heterocycles. The maximum Gasteiger partial charge on any atom is 0.243 e. The van der Waals surface area contributed by atoms with Crippen molar-refractivity contribution >= 4 is 15.9 Å². The first-order chi connectivity index (χ1) is 13.4. The van der Waals surface area contributed by atoms with Crippen molar-refractivity contribution in [1.29, 1.82) is 0 Å². The zero-order valence-electron chi connectivity index (χ0n) is 18.4. The largest absolute Gasteiger partial charge is 0.341 e. The third-order valence-electron chi connectivity index (χ3n) is 6.30. The molecule has 0 aliphatic carbocycles. The lowest BCUT2D eigenvalue weighted by molar-refractivity contribution is -0.142. The molecule has 1 amide bonds. The summed E-state index contributed by atoms with van der Waals surface area (Å²) in [6, 6.07) is 7.23. The molecule has 0 N–H and O–H groups in total. The van der Waals surface area contributed by atoms with Crippen LogP contribution >= 0.6 is 0 Å². The van der Waals surface area contributed by atoms with Crippen molar-refractivity contribution in [3.8, 4) is 0 Å². The van der Waals surface area contributed by atoms with Crippen molar-refractivity contribution in [2.75, 3.05) is 39.3 Å². The van der Waals surface area contributed by atoms with Gasteiger partial charge in [0.1, 0.15) is 0 Å². The van der Waals surface area contributed by atoms with Gasteiger partial charge in [-0.05, 0) is 49.8 Å². The van der Waals surface area contributed by atoms with Gasteiger partial charge in [0.2, 0.25) is 15.9 Å². The van der Waals surface area contributed by atoms with Gasteiger partial charge >= 0.3 is 0 Å². The Morgan fingerprint density at radius 3 is 1.83 bits per heavy atom. The van der Waals surface area contributed by atoms with Gasteiger partial charge in [0.05, 0.1) is 10.4 Å². The topological polar surface area (TPSA) is 60.9 Å². The number of likely N-dealkylation sites (tertiary alicyclic amines) is 1. The molecule has 2 aliphatic rings. The van der Waals surface area contributed by atoms with Crippen LogP contribution in [0, 0.1) is 0 Å². The monoisotopic (exact) mass is 421 g/mol. The Morgan fingerprint density at radius 1 is 0.828 bits per heavy atom. The molecule has 0 radical (unpaired) electrons. The number of rotatable bonds is 4. The first kappa shape index (κ1) is 22.2. The van der Waals surface area contributed by atoms with Crippen molar-refractivity contribution < 1.29 is 13.2 Å². The van der Waals surface area contributed by atoms with Crippen LogP contribution in [0.5, 0.6) is 0 Å². The van der Waals surface area contributed by atoms with Gasteiger partial charge in [-0.1, -0.05) is 32.9 Å². The normalized spacial score (nSPS) is 20.2. The zero-order chi connectivity index (χ0) is 21.4. The minimum absolute atomic E-state index is 0.0125. The van der Waals surface area contributed by atoms with Crippen LogP contribution < -0.4 is 0 Å². The first-order valence-corrected chi connectivity index (χ1v) is 12.0. The fourth-order valence-electron chi connectivity index (χ4n) is 4.21. The van der Waals surface area contributed by atoms with E-state index in [1.54, 1.807) is 16.4 Å². The van der Waals surface area contributed by atoms with Crippen molar-refractivity contribution in [2.24, 2.45) is 0 Å². The maximum atomic E-state index is 13.1. The summed E-state index contributed by atoms with van der Waals surface area (Å²) in [6.07, 6.45) is 2.14. The molecule has 2 aliphatic heterocycles. The number of hydrogen-bond acceptors (Lipinski definition) is 4. The van der Waals surface area contributed by atoms with Gasteiger partial charge in [0.15, 0.2) is 0 Å². The molecule has 29 heavy (non-hydrogen) atoms. The molecule has 1 aromatic rings. The third kappa shape index (κ3) is 4.52. The highest BCUT2D eigenvalue weighted by molar-refractivity contribution is 7.89. The summed E-state index contributed by atoms with van der Waals surface area (Å²) in [7, 11) is -3.52. The predicted molar refractivity (Wildman–Crippen MR) is 115 cm³/mol. The molecule has 2 fully saturated rings. The minimum Gasteiger partial charge on any atom is -0.341 e. The van der Waals surface area contributed by atoms with E-state index in [1.165, 1.54) is 0 Å². The van der Waals surface area contributed by atoms with E-state index in [0.29, 0.717) is 31.1 Å². The van der Waals surface area contributed by atoms with E-state index in [0.717, 1.165) is 31.5 Å². The van der Waals surface area contributed by atoms with Crippen LogP contribution in [-0.2, 0) is 20.2 Å². The van der Waals surface area contributed by atoms with Gasteiger partial charge in [-0.25, -0.2) is 8.42 Å². The van der Waals surface area contributed by atoms with E-state index in [1.807, 2.05) is 30.9 Å². The van der Waals surface area contributed by atoms with Crippen LogP contribution in [0.4, 0.5) is 0 Å². The number of sulfonamides is 1. The predicted octanol–water partition coefficient (Wildman–Crippen LogP) is 2.69. The molecule has 0 spiro atoms. The van der Waals surface area contributed by atoms with Crippen molar-refractivity contribution in [3.05, 3.63) is 29.8 Å². The van der Waals surface area contributed by atoms with E-state index >= 15 is 0 Å². The second-order valence-electron chi connectivity index (χ2n) is 9.72. The van der Waals surface area contributed by atoms with Crippen LogP contribution in [0.3, 0.4) is 0 Å². The van der Waals surface area contributed by atoms with Gasteiger partial charge in [-0.3, -0.25) is 9.69 Å². The number of carbonyl (C=O) groups is 1. The van der Waals surface area contributed by atoms with Crippen LogP contribution in [0.25, 0.3) is 0 Å². The van der Waals surface area contributed by atoms with Gasteiger partial charge in [0.25, 0.3) is 0 Å². The second kappa shape index (κ2) is 8.00. The van der Waals surface area contributed by atoms with Gasteiger partial charge < -0.3 is 4.90 Å². The quantitative estimate of drug-likeness (QED) is 0.750. The highest BCUT2D eigenvalue weighted by atomic mass is 32.2. The molecule has 0 aromatic heterocycles. The summed E-state index contributed by atoms with van der Waals surface area (Å²) in [5.41, 5.74) is 0.499. The molecular formula is C22H35N3O3S. The molecule has 0 bridgehead atoms. The third-order valence-corrected chi connectivity index (χ3v) is 8.22. The highest BCUT2D eigenvalue weighted by Gasteiger charge is 2.41. The molecule has 7 heteroatoms. The Bertz CT molecular complexity index is 827. The maximum absolute atomic E-state index is 13.1. The number of nitrogens with zero attached hydrogens (tertiary/aromatic N) is 3. The summed E-state index contributed by atoms with van der Waals surface area (Å²) >= 11 is 0. The van der Waals surface area contributed by atoms with Crippen molar-refractivity contribution in [2.45, 2.75) is 63.3 Å². The standard InChI is InChI=1S/C22H35N3O3S/c1-21(2,3)18-8-10-19(11-9-18)29(27,28)25-16-14-24(15-17-25)22(4,5)20(26)23-12-6-7-13-23/h8-11H,6-7,12-17H2,1-5H3. The van der Waals surface area contributed by atoms with Gasteiger partial charge in [-0.2, -0.15) is 4.31 Å². The fourth-order valence-corrected chi connectivity index (χ4v) is 5.63. The first-order valence-electron chi connectivity index (χ1n) is 10.6. The van der Waals surface area contributed by atoms with Crippen LogP contribution in [0.2, 0.25) is 0 Å². The molecule has 0 atom stereocenters. The smallest absolute Gasteiger partial charge is 0.243 e. The lowest BCUT2D eigenvalue weighted by atomic mass is 9.87. The number of benzene rings is 1. The molecule has 6 nitrogen and oxygen atoms in total. The summed E-state index contributed by atoms with van der Waals surface area (Å²) in [6.45, 7) is 13.9. The van der Waals surface area contributed by atoms with E-state index in [9.17, 15) is 13.2 Å². The molecular weight excluding hydrogens is 386 g/mol. The summed E-state index contributed by atoms with van der Waals surface area (Å²) in [5, 5.41) is 0. The summed E-state index contributed by atoms with van der Waals surface area (Å²) < 4.78 is 27.7. The molecule has 0 saturated carbocycles. The minimum atomic E-state index is -3.52. The molecule has 2 saturated heterocycles. The average molecular weight is 422 g/mol. The lowest BCUT2D eigenvalue weighted by Crippen LogP contribution is -2.61. The number of carbonyl (C=O) groups excluding carboxylic acids is 1. The highest BCUT2D eigenvalue weighted by Crippen LogP contribution is 2.27. The number of hydrogen-bond donors (Lipinski definition) is 0. The lowest BCUT2D eigenvalue weighted by Gasteiger charge is -2.43. The van der Waals surface area contributed by atoms with E-state index < -0.39 is 15.6 Å². The molecule has 0 unspecified atom stereocenters. The van der Waals surface area contributed by atoms with Gasteiger partial charge in [0, 0.05) is 39.3 Å². The molecule has 3 rings (SSSR count). The number of amides is 1. The van der Waals surface area contributed by atoms with Crippen LogP contribution in [0.15, 0.2) is 29.2 Å². The van der Waals surface area contributed by atoms with E-state index in [-0.39, 0.29) is 11.3 Å². The summed E-state index contributed by atoms with van der Waals surface area (Å²) in [5.74, 6) is 0.157. The Balaban J connectivity index is 1.67. The van der Waals surface area contributed by atoms with Crippen molar-refractivity contribution in [1.82, 2.24) is 14.1 Å². The number of piperazine rings is 1. The molecule has 162 valence electrons. The summed E-state index contributed by atoms with van der Waals surface area (Å²) in [4.78, 5) is 17.3. The average Bonchev–Trinajstić information content (AvgIpc) is 3.21. The zero-order valence-corrected chi connectivity index (χ0v) is 19.3. The van der Waals surface area contributed by atoms with Crippen LogP contribution in [-0.4, -0.2) is 73.2 Å². The Morgan fingerprint density at radius 2 is 1.34 bits per heavy atom.